The molecule has 0 aliphatic heterocycles. The van der Waals surface area contributed by atoms with Crippen LogP contribution in [0.2, 0.25) is 0 Å². The van der Waals surface area contributed by atoms with Gasteiger partial charge in [-0.2, -0.15) is 8.42 Å². The Hall–Kier alpha value is -0.220. The van der Waals surface area contributed by atoms with E-state index in [4.69, 9.17) is 4.55 Å². The Labute approximate surface area is 102 Å². The van der Waals surface area contributed by atoms with Crippen molar-refractivity contribution in [2.75, 3.05) is 31.2 Å². The van der Waals surface area contributed by atoms with Crippen molar-refractivity contribution in [3.63, 3.8) is 0 Å². The van der Waals surface area contributed by atoms with Gasteiger partial charge in [0.15, 0.2) is 9.84 Å². The molecule has 0 saturated heterocycles. The summed E-state index contributed by atoms with van der Waals surface area (Å²) < 4.78 is 55.2. The highest BCUT2D eigenvalue weighted by molar-refractivity contribution is 7.91. The van der Waals surface area contributed by atoms with Crippen molar-refractivity contribution in [2.24, 2.45) is 0 Å². The second-order valence-electron chi connectivity index (χ2n) is 3.51. The fourth-order valence-corrected chi connectivity index (χ4v) is 2.42. The van der Waals surface area contributed by atoms with Crippen LogP contribution in [-0.4, -0.2) is 52.6 Å². The van der Waals surface area contributed by atoms with Crippen molar-refractivity contribution in [3.8, 4) is 0 Å². The summed E-state index contributed by atoms with van der Waals surface area (Å²) in [5, 5.41) is 2.96. The van der Waals surface area contributed by atoms with Gasteiger partial charge in [-0.15, -0.1) is 0 Å². The number of hydrogen-bond donors (Lipinski definition) is 2. The highest BCUT2D eigenvalue weighted by Crippen LogP contribution is 1.93. The zero-order valence-corrected chi connectivity index (χ0v) is 11.4. The Morgan fingerprint density at radius 3 is 2.29 bits per heavy atom. The molecule has 0 amide bonds. The summed E-state index contributed by atoms with van der Waals surface area (Å²) in [5.74, 6) is -0.506. The first kappa shape index (κ1) is 16.8. The molecular weight excluding hydrogens is 270 g/mol. The highest BCUT2D eigenvalue weighted by atomic mass is 32.3. The van der Waals surface area contributed by atoms with Crippen molar-refractivity contribution in [1.29, 1.82) is 0 Å². The lowest BCUT2D eigenvalue weighted by Gasteiger charge is -2.05. The first-order valence-electron chi connectivity index (χ1n) is 5.30. The van der Waals surface area contributed by atoms with Crippen molar-refractivity contribution in [1.82, 2.24) is 5.32 Å². The molecule has 2 N–H and O–H groups in total. The van der Waals surface area contributed by atoms with Crippen LogP contribution < -0.4 is 5.32 Å². The average Bonchev–Trinajstić information content (AvgIpc) is 2.14. The van der Waals surface area contributed by atoms with Crippen LogP contribution in [0.15, 0.2) is 0 Å². The number of sulfone groups is 1. The van der Waals surface area contributed by atoms with Crippen molar-refractivity contribution >= 4 is 20.2 Å². The van der Waals surface area contributed by atoms with E-state index in [9.17, 15) is 16.8 Å². The van der Waals surface area contributed by atoms with Crippen LogP contribution in [0, 0.1) is 0 Å². The normalized spacial score (nSPS) is 12.8. The fourth-order valence-electron chi connectivity index (χ4n) is 1.02. The topological polar surface area (TPSA) is 110 Å². The van der Waals surface area contributed by atoms with Crippen molar-refractivity contribution < 1.29 is 25.6 Å². The van der Waals surface area contributed by atoms with E-state index in [2.05, 4.69) is 9.50 Å². The summed E-state index contributed by atoms with van der Waals surface area (Å²) in [6.07, 6.45) is 2.01. The molecule has 0 atom stereocenters. The van der Waals surface area contributed by atoms with Gasteiger partial charge in [-0.3, -0.25) is 4.55 Å². The molecule has 17 heavy (non-hydrogen) atoms. The molecule has 0 radical (unpaired) electrons. The van der Waals surface area contributed by atoms with Gasteiger partial charge in [0, 0.05) is 6.54 Å². The second-order valence-corrected chi connectivity index (χ2v) is 6.90. The van der Waals surface area contributed by atoms with E-state index in [-0.39, 0.29) is 5.75 Å². The monoisotopic (exact) mass is 289 g/mol. The summed E-state index contributed by atoms with van der Waals surface area (Å²) in [6, 6.07) is 0. The molecule has 0 aliphatic carbocycles. The minimum absolute atomic E-state index is 0.0778. The van der Waals surface area contributed by atoms with Gasteiger partial charge in [0.1, 0.15) is 0 Å². The maximum Gasteiger partial charge on any atom is 0.397 e. The quantitative estimate of drug-likeness (QED) is 0.416. The highest BCUT2D eigenvalue weighted by Gasteiger charge is 2.13. The van der Waals surface area contributed by atoms with E-state index in [1.54, 1.807) is 0 Å². The zero-order valence-electron chi connectivity index (χ0n) is 9.75. The molecule has 0 unspecified atom stereocenters. The standard InChI is InChI=1S/C8H19NO6S2/c1-2-3-4-9-5-7-16(10,11)8-6-15-17(12,13)14/h9H,2-8H2,1H3,(H,12,13,14). The summed E-state index contributed by atoms with van der Waals surface area (Å²) >= 11 is 0. The first-order chi connectivity index (χ1) is 7.77. The predicted molar refractivity (Wildman–Crippen MR) is 63.9 cm³/mol. The smallest absolute Gasteiger partial charge is 0.316 e. The maximum atomic E-state index is 11.4. The lowest BCUT2D eigenvalue weighted by Crippen LogP contribution is -2.26. The van der Waals surface area contributed by atoms with Gasteiger partial charge in [0.2, 0.25) is 0 Å². The Balaban J connectivity index is 3.74. The van der Waals surface area contributed by atoms with Crippen molar-refractivity contribution in [2.45, 2.75) is 19.8 Å². The van der Waals surface area contributed by atoms with Gasteiger partial charge in [0.05, 0.1) is 18.1 Å². The maximum absolute atomic E-state index is 11.4. The number of rotatable bonds is 10. The molecule has 0 aromatic heterocycles. The first-order valence-corrected chi connectivity index (χ1v) is 8.48. The predicted octanol–water partition coefficient (Wildman–Crippen LogP) is -0.390. The summed E-state index contributed by atoms with van der Waals surface area (Å²) in [5.41, 5.74) is 0. The number of nitrogens with one attached hydrogen (secondary N) is 1. The van der Waals surface area contributed by atoms with Gasteiger partial charge < -0.3 is 5.32 Å². The summed E-state index contributed by atoms with van der Waals surface area (Å²) in [6.45, 7) is 2.56. The molecule has 0 fully saturated rings. The molecule has 0 rings (SSSR count). The van der Waals surface area contributed by atoms with E-state index in [1.807, 2.05) is 6.92 Å². The van der Waals surface area contributed by atoms with Crippen LogP contribution in [0.4, 0.5) is 0 Å². The molecule has 9 heteroatoms. The van der Waals surface area contributed by atoms with Gasteiger partial charge in [-0.1, -0.05) is 13.3 Å². The Kier molecular flexibility index (Phi) is 7.88. The average molecular weight is 289 g/mol. The van der Waals surface area contributed by atoms with E-state index >= 15 is 0 Å². The SMILES string of the molecule is CCCCNCCS(=O)(=O)CCOS(=O)(=O)O. The molecule has 0 aliphatic rings. The largest absolute Gasteiger partial charge is 0.397 e. The van der Waals surface area contributed by atoms with E-state index in [1.165, 1.54) is 0 Å². The van der Waals surface area contributed by atoms with Crippen LogP contribution in [0.5, 0.6) is 0 Å². The van der Waals surface area contributed by atoms with Gasteiger partial charge in [0.25, 0.3) is 0 Å². The molecule has 0 bridgehead atoms. The molecular formula is C8H19NO6S2. The third-order valence-corrected chi connectivity index (χ3v) is 4.00. The van der Waals surface area contributed by atoms with Crippen LogP contribution in [0.3, 0.4) is 0 Å². The molecule has 104 valence electrons. The van der Waals surface area contributed by atoms with Crippen LogP contribution in [0.25, 0.3) is 0 Å². The Bertz CT molecular complexity index is 388. The second kappa shape index (κ2) is 7.98. The third-order valence-electron chi connectivity index (χ3n) is 1.92. The fraction of sp³-hybridized carbons (Fsp3) is 1.00. The molecule has 0 aromatic rings. The number of unbranched alkanes of at least 4 members (excludes halogenated alkanes) is 1. The number of hydrogen-bond acceptors (Lipinski definition) is 6. The van der Waals surface area contributed by atoms with E-state index in [0.717, 1.165) is 19.4 Å². The van der Waals surface area contributed by atoms with Crippen LogP contribution in [0.1, 0.15) is 19.8 Å². The molecule has 0 heterocycles. The minimum Gasteiger partial charge on any atom is -0.316 e. The Morgan fingerprint density at radius 1 is 1.12 bits per heavy atom. The molecule has 0 spiro atoms. The minimum atomic E-state index is -4.56. The van der Waals surface area contributed by atoms with Gasteiger partial charge in [-0.05, 0) is 13.0 Å². The van der Waals surface area contributed by atoms with Crippen LogP contribution in [-0.2, 0) is 24.4 Å². The molecule has 7 nitrogen and oxygen atoms in total. The third kappa shape index (κ3) is 12.0. The van der Waals surface area contributed by atoms with Gasteiger partial charge in [-0.25, -0.2) is 12.6 Å². The Morgan fingerprint density at radius 2 is 1.76 bits per heavy atom. The van der Waals surface area contributed by atoms with E-state index < -0.39 is 32.6 Å². The summed E-state index contributed by atoms with van der Waals surface area (Å²) in [4.78, 5) is 0. The van der Waals surface area contributed by atoms with Gasteiger partial charge >= 0.3 is 10.4 Å². The summed E-state index contributed by atoms with van der Waals surface area (Å²) in [7, 11) is -7.91. The lowest BCUT2D eigenvalue weighted by atomic mass is 10.3. The molecule has 0 saturated carbocycles. The lowest BCUT2D eigenvalue weighted by molar-refractivity contribution is 0.284. The molecule has 0 aromatic carbocycles. The van der Waals surface area contributed by atoms with Crippen LogP contribution >= 0.6 is 0 Å². The van der Waals surface area contributed by atoms with E-state index in [0.29, 0.717) is 6.54 Å². The zero-order chi connectivity index (χ0) is 13.4. The van der Waals surface area contributed by atoms with Crippen molar-refractivity contribution in [3.05, 3.63) is 0 Å².